The van der Waals surface area contributed by atoms with Gasteiger partial charge in [0.2, 0.25) is 5.91 Å². The summed E-state index contributed by atoms with van der Waals surface area (Å²) in [5, 5.41) is 7.56. The molecule has 6 nitrogen and oxygen atoms in total. The quantitative estimate of drug-likeness (QED) is 0.707. The molecule has 4 rings (SSSR count). The molecule has 3 aromatic rings. The Labute approximate surface area is 149 Å². The van der Waals surface area contributed by atoms with E-state index in [9.17, 15) is 4.79 Å². The number of pyridine rings is 1. The zero-order valence-corrected chi connectivity index (χ0v) is 13.9. The van der Waals surface area contributed by atoms with Crippen molar-refractivity contribution in [1.29, 1.82) is 0 Å². The SMILES string of the molecule is C=CC(=O)Nc1cc2ncnc(C3CNc4cc(Cl)ccc43)c2cn1. The lowest BCUT2D eigenvalue weighted by atomic mass is 9.95. The van der Waals surface area contributed by atoms with Gasteiger partial charge < -0.3 is 10.6 Å². The maximum Gasteiger partial charge on any atom is 0.248 e. The van der Waals surface area contributed by atoms with Gasteiger partial charge in [0.15, 0.2) is 0 Å². The molecular weight excluding hydrogens is 338 g/mol. The van der Waals surface area contributed by atoms with Gasteiger partial charge in [-0.25, -0.2) is 15.0 Å². The first-order chi connectivity index (χ1) is 12.2. The molecule has 0 spiro atoms. The van der Waals surface area contributed by atoms with Gasteiger partial charge in [0.05, 0.1) is 11.2 Å². The number of amides is 1. The third kappa shape index (κ3) is 2.81. The van der Waals surface area contributed by atoms with Gasteiger partial charge >= 0.3 is 0 Å². The zero-order chi connectivity index (χ0) is 17.4. The van der Waals surface area contributed by atoms with Crippen LogP contribution in [0, 0.1) is 0 Å². The largest absolute Gasteiger partial charge is 0.384 e. The van der Waals surface area contributed by atoms with Crippen LogP contribution >= 0.6 is 11.6 Å². The molecular formula is C18H14ClN5O. The molecule has 1 aromatic carbocycles. The van der Waals surface area contributed by atoms with Crippen molar-refractivity contribution in [3.05, 3.63) is 65.7 Å². The average molecular weight is 352 g/mol. The highest BCUT2D eigenvalue weighted by Crippen LogP contribution is 2.38. The van der Waals surface area contributed by atoms with Crippen molar-refractivity contribution in [1.82, 2.24) is 15.0 Å². The smallest absolute Gasteiger partial charge is 0.248 e. The molecule has 1 aliphatic rings. The van der Waals surface area contributed by atoms with E-state index in [-0.39, 0.29) is 11.8 Å². The standard InChI is InChI=1S/C18H14ClN5O/c1-2-17(25)24-16-6-15-13(8-21-16)18(23-9-22-15)12-7-20-14-5-10(19)3-4-11(12)14/h2-6,8-9,12,20H,1,7H2,(H,21,24,25). The van der Waals surface area contributed by atoms with E-state index in [0.29, 0.717) is 10.8 Å². The van der Waals surface area contributed by atoms with Gasteiger partial charge in [0.1, 0.15) is 12.1 Å². The molecule has 0 saturated carbocycles. The van der Waals surface area contributed by atoms with E-state index in [0.717, 1.165) is 34.4 Å². The lowest BCUT2D eigenvalue weighted by Crippen LogP contribution is -2.10. The predicted molar refractivity (Wildman–Crippen MR) is 97.9 cm³/mol. The highest BCUT2D eigenvalue weighted by Gasteiger charge is 2.26. The highest BCUT2D eigenvalue weighted by atomic mass is 35.5. The van der Waals surface area contributed by atoms with Gasteiger partial charge in [-0.15, -0.1) is 0 Å². The van der Waals surface area contributed by atoms with Gasteiger partial charge in [-0.2, -0.15) is 0 Å². The summed E-state index contributed by atoms with van der Waals surface area (Å²) < 4.78 is 0. The number of carbonyl (C=O) groups excluding carboxylic acids is 1. The maximum absolute atomic E-state index is 11.4. The first-order valence-electron chi connectivity index (χ1n) is 7.73. The molecule has 0 aliphatic carbocycles. The molecule has 2 N–H and O–H groups in total. The highest BCUT2D eigenvalue weighted by molar-refractivity contribution is 6.30. The van der Waals surface area contributed by atoms with E-state index in [2.05, 4.69) is 32.2 Å². The van der Waals surface area contributed by atoms with Crippen molar-refractivity contribution in [2.45, 2.75) is 5.92 Å². The minimum absolute atomic E-state index is 0.0909. The fourth-order valence-corrected chi connectivity index (χ4v) is 3.22. The molecule has 1 unspecified atom stereocenters. The number of anilines is 2. The topological polar surface area (TPSA) is 79.8 Å². The summed E-state index contributed by atoms with van der Waals surface area (Å²) in [5.41, 5.74) is 3.79. The van der Waals surface area contributed by atoms with Crippen molar-refractivity contribution >= 4 is 39.9 Å². The zero-order valence-electron chi connectivity index (χ0n) is 13.2. The number of nitrogens with zero attached hydrogens (tertiary/aromatic N) is 3. The van der Waals surface area contributed by atoms with Crippen LogP contribution in [0.3, 0.4) is 0 Å². The van der Waals surface area contributed by atoms with E-state index in [1.54, 1.807) is 12.3 Å². The summed E-state index contributed by atoms with van der Waals surface area (Å²) >= 11 is 6.07. The molecule has 2 aromatic heterocycles. The van der Waals surface area contributed by atoms with Crippen molar-refractivity contribution < 1.29 is 4.79 Å². The molecule has 7 heteroatoms. The van der Waals surface area contributed by atoms with Crippen LogP contribution in [-0.2, 0) is 4.79 Å². The van der Waals surface area contributed by atoms with Crippen LogP contribution in [0.1, 0.15) is 17.2 Å². The van der Waals surface area contributed by atoms with E-state index in [1.165, 1.54) is 12.4 Å². The monoisotopic (exact) mass is 351 g/mol. The van der Waals surface area contributed by atoms with Crippen molar-refractivity contribution in [3.63, 3.8) is 0 Å². The van der Waals surface area contributed by atoms with Gasteiger partial charge in [-0.1, -0.05) is 24.2 Å². The Morgan fingerprint density at radius 2 is 2.20 bits per heavy atom. The average Bonchev–Trinajstić information content (AvgIpc) is 3.03. The molecule has 0 radical (unpaired) electrons. The molecule has 1 atom stereocenters. The number of nitrogens with one attached hydrogen (secondary N) is 2. The van der Waals surface area contributed by atoms with Crippen LogP contribution in [0.2, 0.25) is 5.02 Å². The van der Waals surface area contributed by atoms with E-state index >= 15 is 0 Å². The van der Waals surface area contributed by atoms with Gasteiger partial charge in [-0.05, 0) is 23.8 Å². The van der Waals surface area contributed by atoms with Crippen LogP contribution in [-0.4, -0.2) is 27.4 Å². The van der Waals surface area contributed by atoms with E-state index in [4.69, 9.17) is 11.6 Å². The lowest BCUT2D eigenvalue weighted by molar-refractivity contribution is -0.111. The van der Waals surface area contributed by atoms with Crippen LogP contribution in [0.25, 0.3) is 10.9 Å². The number of halogens is 1. The van der Waals surface area contributed by atoms with Crippen molar-refractivity contribution in [3.8, 4) is 0 Å². The first kappa shape index (κ1) is 15.5. The Hall–Kier alpha value is -2.99. The van der Waals surface area contributed by atoms with Gasteiger partial charge in [0.25, 0.3) is 0 Å². The van der Waals surface area contributed by atoms with Crippen LogP contribution in [0.4, 0.5) is 11.5 Å². The summed E-state index contributed by atoms with van der Waals surface area (Å²) in [6.45, 7) is 4.16. The third-order valence-electron chi connectivity index (χ3n) is 4.21. The predicted octanol–water partition coefficient (Wildman–Crippen LogP) is 3.36. The summed E-state index contributed by atoms with van der Waals surface area (Å²) in [6, 6.07) is 7.54. The second kappa shape index (κ2) is 6.14. The number of rotatable bonds is 3. The minimum Gasteiger partial charge on any atom is -0.384 e. The molecule has 3 heterocycles. The van der Waals surface area contributed by atoms with Crippen molar-refractivity contribution in [2.75, 3.05) is 17.2 Å². The Kier molecular flexibility index (Phi) is 3.82. The number of hydrogen-bond acceptors (Lipinski definition) is 5. The van der Waals surface area contributed by atoms with Gasteiger partial charge in [0, 0.05) is 40.8 Å². The summed E-state index contributed by atoms with van der Waals surface area (Å²) in [5.74, 6) is 0.207. The van der Waals surface area contributed by atoms with Gasteiger partial charge in [-0.3, -0.25) is 4.79 Å². The molecule has 0 bridgehead atoms. The van der Waals surface area contributed by atoms with Crippen LogP contribution < -0.4 is 10.6 Å². The second-order valence-electron chi connectivity index (χ2n) is 5.70. The summed E-state index contributed by atoms with van der Waals surface area (Å²) in [6.07, 6.45) is 4.42. The Morgan fingerprint density at radius 3 is 3.04 bits per heavy atom. The molecule has 1 amide bonds. The fourth-order valence-electron chi connectivity index (χ4n) is 3.05. The van der Waals surface area contributed by atoms with Crippen LogP contribution in [0.5, 0.6) is 0 Å². The Morgan fingerprint density at radius 1 is 1.32 bits per heavy atom. The van der Waals surface area contributed by atoms with E-state index in [1.807, 2.05) is 18.2 Å². The molecule has 0 saturated heterocycles. The van der Waals surface area contributed by atoms with Crippen LogP contribution in [0.15, 0.2) is 49.4 Å². The number of fused-ring (bicyclic) bond motifs is 2. The number of hydrogen-bond donors (Lipinski definition) is 2. The molecule has 124 valence electrons. The van der Waals surface area contributed by atoms with Crippen molar-refractivity contribution in [2.24, 2.45) is 0 Å². The minimum atomic E-state index is -0.313. The summed E-state index contributed by atoms with van der Waals surface area (Å²) in [7, 11) is 0. The second-order valence-corrected chi connectivity index (χ2v) is 6.14. The Bertz CT molecular complexity index is 1000. The normalized spacial score (nSPS) is 15.5. The van der Waals surface area contributed by atoms with E-state index < -0.39 is 0 Å². The fraction of sp³-hybridized carbons (Fsp3) is 0.111. The lowest BCUT2D eigenvalue weighted by Gasteiger charge is -2.12. The Balaban J connectivity index is 1.77. The first-order valence-corrected chi connectivity index (χ1v) is 8.11. The summed E-state index contributed by atoms with van der Waals surface area (Å²) in [4.78, 5) is 24.5. The number of aromatic nitrogens is 3. The number of benzene rings is 1. The number of carbonyl (C=O) groups is 1. The maximum atomic E-state index is 11.4. The molecule has 1 aliphatic heterocycles. The molecule has 0 fully saturated rings. The molecule has 25 heavy (non-hydrogen) atoms. The third-order valence-corrected chi connectivity index (χ3v) is 4.44.